The minimum absolute atomic E-state index is 0.147. The van der Waals surface area contributed by atoms with Crippen molar-refractivity contribution in [2.45, 2.75) is 51.7 Å². The van der Waals surface area contributed by atoms with Gasteiger partial charge < -0.3 is 19.7 Å². The monoisotopic (exact) mass is 262 g/mol. The molecule has 0 aromatic rings. The zero-order valence-electron chi connectivity index (χ0n) is 11.4. The van der Waals surface area contributed by atoms with Crippen LogP contribution in [0.5, 0.6) is 0 Å². The second-order valence-corrected chi connectivity index (χ2v) is 5.25. The van der Waals surface area contributed by atoms with E-state index >= 15 is 0 Å². The summed E-state index contributed by atoms with van der Waals surface area (Å²) >= 11 is 0. The largest absolute Gasteiger partial charge is 0.451 e. The molecule has 0 aromatic carbocycles. The van der Waals surface area contributed by atoms with Crippen LogP contribution in [0.1, 0.15) is 40.5 Å². The first kappa shape index (κ1) is 16.9. The average Bonchev–Trinajstić information content (AvgIpc) is 2.15. The van der Waals surface area contributed by atoms with E-state index in [1.54, 1.807) is 27.7 Å². The standard InChI is InChI=1S/C12H22O6/c1-11(2,5-7-13)17-9(15)10(16)18-12(3,4)6-8-14/h13-14H,5-8H2,1-4H3. The van der Waals surface area contributed by atoms with Crippen LogP contribution < -0.4 is 0 Å². The summed E-state index contributed by atoms with van der Waals surface area (Å²) in [7, 11) is 0. The second-order valence-electron chi connectivity index (χ2n) is 5.25. The molecule has 0 aliphatic heterocycles. The minimum atomic E-state index is -1.10. The molecule has 0 amide bonds. The maximum Gasteiger partial charge on any atom is 0.418 e. The molecule has 0 bridgehead atoms. The maximum absolute atomic E-state index is 11.5. The molecular formula is C12H22O6. The highest BCUT2D eigenvalue weighted by atomic mass is 16.6. The Hall–Kier alpha value is -1.14. The quantitative estimate of drug-likeness (QED) is 0.531. The Morgan fingerprint density at radius 3 is 1.33 bits per heavy atom. The summed E-state index contributed by atoms with van der Waals surface area (Å²) in [6, 6.07) is 0. The predicted octanol–water partition coefficient (Wildman–Crippen LogP) is 0.395. The molecule has 0 heterocycles. The van der Waals surface area contributed by atoms with E-state index in [1.165, 1.54) is 0 Å². The summed E-state index contributed by atoms with van der Waals surface area (Å²) in [4.78, 5) is 22.9. The van der Waals surface area contributed by atoms with Gasteiger partial charge >= 0.3 is 11.9 Å². The third kappa shape index (κ3) is 6.56. The van der Waals surface area contributed by atoms with E-state index in [4.69, 9.17) is 19.7 Å². The summed E-state index contributed by atoms with van der Waals surface area (Å²) in [5.74, 6) is -2.20. The van der Waals surface area contributed by atoms with Crippen LogP contribution in [0.25, 0.3) is 0 Å². The van der Waals surface area contributed by atoms with Gasteiger partial charge in [0.1, 0.15) is 11.2 Å². The number of carbonyl (C=O) groups is 2. The third-order valence-corrected chi connectivity index (χ3v) is 2.33. The SMILES string of the molecule is CC(C)(CCO)OC(=O)C(=O)OC(C)(C)CCO. The van der Waals surface area contributed by atoms with Crippen molar-refractivity contribution in [3.63, 3.8) is 0 Å². The molecule has 0 aliphatic rings. The number of ether oxygens (including phenoxy) is 2. The topological polar surface area (TPSA) is 93.1 Å². The third-order valence-electron chi connectivity index (χ3n) is 2.33. The Morgan fingerprint density at radius 1 is 0.833 bits per heavy atom. The molecule has 6 nitrogen and oxygen atoms in total. The lowest BCUT2D eigenvalue weighted by atomic mass is 10.1. The molecular weight excluding hydrogens is 240 g/mol. The summed E-state index contributed by atoms with van der Waals surface area (Å²) in [6.07, 6.45) is 0.456. The molecule has 18 heavy (non-hydrogen) atoms. The van der Waals surface area contributed by atoms with E-state index in [1.807, 2.05) is 0 Å². The van der Waals surface area contributed by atoms with Crippen molar-refractivity contribution in [1.82, 2.24) is 0 Å². The number of aliphatic hydroxyl groups excluding tert-OH is 2. The molecule has 0 spiro atoms. The van der Waals surface area contributed by atoms with Gasteiger partial charge in [-0.3, -0.25) is 0 Å². The number of aliphatic hydroxyl groups is 2. The van der Waals surface area contributed by atoms with Crippen molar-refractivity contribution in [3.8, 4) is 0 Å². The van der Waals surface area contributed by atoms with E-state index in [-0.39, 0.29) is 26.1 Å². The molecule has 0 aliphatic carbocycles. The van der Waals surface area contributed by atoms with Crippen molar-refractivity contribution in [2.24, 2.45) is 0 Å². The molecule has 0 rings (SSSR count). The highest BCUT2D eigenvalue weighted by Gasteiger charge is 2.31. The van der Waals surface area contributed by atoms with Gasteiger partial charge in [0.05, 0.1) is 0 Å². The van der Waals surface area contributed by atoms with E-state index in [9.17, 15) is 9.59 Å². The van der Waals surface area contributed by atoms with Gasteiger partial charge in [-0.15, -0.1) is 0 Å². The van der Waals surface area contributed by atoms with Gasteiger partial charge in [-0.1, -0.05) is 0 Å². The van der Waals surface area contributed by atoms with E-state index in [0.29, 0.717) is 0 Å². The molecule has 0 saturated carbocycles. The van der Waals surface area contributed by atoms with E-state index < -0.39 is 23.1 Å². The lowest BCUT2D eigenvalue weighted by molar-refractivity contribution is -0.184. The van der Waals surface area contributed by atoms with Crippen LogP contribution in [-0.2, 0) is 19.1 Å². The van der Waals surface area contributed by atoms with Crippen molar-refractivity contribution < 1.29 is 29.3 Å². The molecule has 2 N–H and O–H groups in total. The summed E-state index contributed by atoms with van der Waals surface area (Å²) in [5.41, 5.74) is -1.85. The predicted molar refractivity (Wildman–Crippen MR) is 63.7 cm³/mol. The molecule has 0 fully saturated rings. The number of rotatable bonds is 6. The zero-order valence-corrected chi connectivity index (χ0v) is 11.4. The smallest absolute Gasteiger partial charge is 0.418 e. The van der Waals surface area contributed by atoms with Gasteiger partial charge in [0, 0.05) is 26.1 Å². The summed E-state index contributed by atoms with van der Waals surface area (Å²) in [6.45, 7) is 6.07. The highest BCUT2D eigenvalue weighted by molar-refractivity contribution is 6.29. The first-order valence-corrected chi connectivity index (χ1v) is 5.81. The molecule has 0 saturated heterocycles. The number of hydrogen-bond acceptors (Lipinski definition) is 6. The summed E-state index contributed by atoms with van der Waals surface area (Å²) < 4.78 is 9.86. The Labute approximate surface area is 107 Å². The van der Waals surface area contributed by atoms with Crippen LogP contribution >= 0.6 is 0 Å². The van der Waals surface area contributed by atoms with Crippen molar-refractivity contribution in [1.29, 1.82) is 0 Å². The van der Waals surface area contributed by atoms with Gasteiger partial charge in [0.2, 0.25) is 0 Å². The molecule has 6 heteroatoms. The molecule has 0 unspecified atom stereocenters. The lowest BCUT2D eigenvalue weighted by Crippen LogP contribution is -2.38. The fourth-order valence-corrected chi connectivity index (χ4v) is 1.23. The van der Waals surface area contributed by atoms with Crippen LogP contribution in [0.15, 0.2) is 0 Å². The van der Waals surface area contributed by atoms with Gasteiger partial charge in [0.25, 0.3) is 0 Å². The van der Waals surface area contributed by atoms with Gasteiger partial charge in [-0.25, -0.2) is 9.59 Å². The van der Waals surface area contributed by atoms with Crippen LogP contribution in [0.4, 0.5) is 0 Å². The fourth-order valence-electron chi connectivity index (χ4n) is 1.23. The first-order valence-electron chi connectivity index (χ1n) is 5.81. The van der Waals surface area contributed by atoms with Gasteiger partial charge in [-0.2, -0.15) is 0 Å². The Kier molecular flexibility index (Phi) is 6.28. The van der Waals surface area contributed by atoms with Crippen molar-refractivity contribution in [3.05, 3.63) is 0 Å². The zero-order chi connectivity index (χ0) is 14.4. The number of hydrogen-bond donors (Lipinski definition) is 2. The molecule has 0 atom stereocenters. The van der Waals surface area contributed by atoms with Gasteiger partial charge in [-0.05, 0) is 27.7 Å². The van der Waals surface area contributed by atoms with Crippen LogP contribution in [0, 0.1) is 0 Å². The number of carbonyl (C=O) groups excluding carboxylic acids is 2. The van der Waals surface area contributed by atoms with Crippen molar-refractivity contribution in [2.75, 3.05) is 13.2 Å². The summed E-state index contributed by atoms with van der Waals surface area (Å²) in [5, 5.41) is 17.5. The minimum Gasteiger partial charge on any atom is -0.451 e. The molecule has 0 radical (unpaired) electrons. The van der Waals surface area contributed by atoms with Crippen molar-refractivity contribution >= 4 is 11.9 Å². The lowest BCUT2D eigenvalue weighted by Gasteiger charge is -2.26. The van der Waals surface area contributed by atoms with Crippen LogP contribution in [0.2, 0.25) is 0 Å². The van der Waals surface area contributed by atoms with Gasteiger partial charge in [0.15, 0.2) is 0 Å². The number of esters is 2. The Morgan fingerprint density at radius 2 is 1.11 bits per heavy atom. The second kappa shape index (κ2) is 6.70. The van der Waals surface area contributed by atoms with E-state index in [0.717, 1.165) is 0 Å². The highest BCUT2D eigenvalue weighted by Crippen LogP contribution is 2.17. The Balaban J connectivity index is 4.40. The Bertz CT molecular complexity index is 265. The van der Waals surface area contributed by atoms with E-state index in [2.05, 4.69) is 0 Å². The van der Waals surface area contributed by atoms with Crippen LogP contribution in [-0.4, -0.2) is 46.6 Å². The molecule has 106 valence electrons. The first-order chi connectivity index (χ1) is 8.13. The fraction of sp³-hybridized carbons (Fsp3) is 0.833. The average molecular weight is 262 g/mol. The maximum atomic E-state index is 11.5. The molecule has 0 aromatic heterocycles. The van der Waals surface area contributed by atoms with Crippen LogP contribution in [0.3, 0.4) is 0 Å². The normalized spacial score (nSPS) is 12.1.